The molecule has 0 amide bonds. The molecule has 0 bridgehead atoms. The maximum Gasteiger partial charge on any atom is 0.352 e. The number of anilines is 2. The molecule has 8 nitrogen and oxygen atoms in total. The summed E-state index contributed by atoms with van der Waals surface area (Å²) in [6.07, 6.45) is 2.68. The van der Waals surface area contributed by atoms with Crippen LogP contribution in [0.2, 0.25) is 5.02 Å². The maximum absolute atomic E-state index is 12.9. The zero-order valence-electron chi connectivity index (χ0n) is 23.8. The first kappa shape index (κ1) is 35.4. The standard InChI is InChI=1S/C29H34ClN3O4S2.CH4O.CH4/c1-29(2,3)37-28(35)27-25(36-15-14-34)24(30)26(39-27)20-7-5-9-23(17-20)32-22-10-12-33(13-11-22)38-18-19-6-4-8-21(31)16-19;1-2;/h4-9,14,16-17,22,32H,10-13,15,18,31H2,1-3H3;2H,1H3;1H4. The van der Waals surface area contributed by atoms with Crippen molar-refractivity contribution in [2.45, 2.75) is 58.4 Å². The van der Waals surface area contributed by atoms with E-state index >= 15 is 0 Å². The minimum absolute atomic E-state index is 0. The number of hydrogen-bond donors (Lipinski definition) is 3. The molecule has 1 saturated heterocycles. The Hall–Kier alpha value is -2.76. The predicted octanol–water partition coefficient (Wildman–Crippen LogP) is 7.15. The first-order valence-corrected chi connectivity index (χ1v) is 15.4. The van der Waals surface area contributed by atoms with E-state index in [1.165, 1.54) is 16.9 Å². The monoisotopic (exact) mass is 635 g/mol. The molecule has 1 aliphatic rings. The number of piperidine rings is 1. The van der Waals surface area contributed by atoms with Crippen LogP contribution in [0.5, 0.6) is 5.75 Å². The summed E-state index contributed by atoms with van der Waals surface area (Å²) in [6.45, 7) is 7.18. The summed E-state index contributed by atoms with van der Waals surface area (Å²) in [4.78, 5) is 24.8. The minimum atomic E-state index is -0.677. The van der Waals surface area contributed by atoms with E-state index in [1.807, 2.05) is 54.4 Å². The zero-order chi connectivity index (χ0) is 30.0. The van der Waals surface area contributed by atoms with E-state index in [0.717, 1.165) is 55.7 Å². The Morgan fingerprint density at radius 1 is 1.19 bits per heavy atom. The third-order valence-electron chi connectivity index (χ3n) is 6.00. The Labute approximate surface area is 262 Å². The molecule has 0 unspecified atom stereocenters. The molecule has 3 aromatic rings. The van der Waals surface area contributed by atoms with Crippen molar-refractivity contribution in [2.24, 2.45) is 0 Å². The van der Waals surface area contributed by atoms with Gasteiger partial charge in [0, 0.05) is 43.4 Å². The second-order valence-corrected chi connectivity index (χ2v) is 12.8. The van der Waals surface area contributed by atoms with Crippen LogP contribution in [-0.4, -0.2) is 60.1 Å². The van der Waals surface area contributed by atoms with Gasteiger partial charge < -0.3 is 25.6 Å². The van der Waals surface area contributed by atoms with Crippen molar-refractivity contribution >= 4 is 58.5 Å². The molecule has 1 fully saturated rings. The molecule has 0 aliphatic carbocycles. The van der Waals surface area contributed by atoms with Crippen molar-refractivity contribution in [3.05, 3.63) is 64.0 Å². The number of aliphatic hydroxyl groups is 1. The number of hydrogen-bond acceptors (Lipinski definition) is 10. The minimum Gasteiger partial charge on any atom is -0.483 e. The van der Waals surface area contributed by atoms with E-state index in [1.54, 1.807) is 20.8 Å². The number of carbonyl (C=O) groups is 2. The van der Waals surface area contributed by atoms with Gasteiger partial charge in [0.05, 0.1) is 4.88 Å². The van der Waals surface area contributed by atoms with E-state index in [2.05, 4.69) is 15.7 Å². The number of aldehydes is 1. The van der Waals surface area contributed by atoms with Crippen LogP contribution in [0, 0.1) is 0 Å². The molecule has 0 spiro atoms. The first-order valence-electron chi connectivity index (χ1n) is 13.3. The zero-order valence-corrected chi connectivity index (χ0v) is 26.2. The quantitative estimate of drug-likeness (QED) is 0.0924. The summed E-state index contributed by atoms with van der Waals surface area (Å²) in [6, 6.07) is 16.4. The largest absolute Gasteiger partial charge is 0.483 e. The Morgan fingerprint density at radius 3 is 2.52 bits per heavy atom. The molecular weight excluding hydrogens is 594 g/mol. The van der Waals surface area contributed by atoms with Crippen LogP contribution < -0.4 is 15.8 Å². The lowest BCUT2D eigenvalue weighted by Gasteiger charge is -2.32. The van der Waals surface area contributed by atoms with Gasteiger partial charge in [-0.1, -0.05) is 55.2 Å². The van der Waals surface area contributed by atoms with Crippen LogP contribution in [0.3, 0.4) is 0 Å². The lowest BCUT2D eigenvalue weighted by molar-refractivity contribution is -0.109. The lowest BCUT2D eigenvalue weighted by atomic mass is 10.1. The van der Waals surface area contributed by atoms with Gasteiger partial charge in [-0.05, 0) is 69.0 Å². The Morgan fingerprint density at radius 2 is 1.88 bits per heavy atom. The van der Waals surface area contributed by atoms with E-state index < -0.39 is 11.6 Å². The Bertz CT molecular complexity index is 1300. The highest BCUT2D eigenvalue weighted by atomic mass is 35.5. The fraction of sp³-hybridized carbons (Fsp3) is 0.419. The Balaban J connectivity index is 0.00000201. The number of esters is 1. The van der Waals surface area contributed by atoms with E-state index in [-0.39, 0.29) is 24.7 Å². The topological polar surface area (TPSA) is 114 Å². The van der Waals surface area contributed by atoms with Crippen molar-refractivity contribution in [3.8, 4) is 16.2 Å². The fourth-order valence-electron chi connectivity index (χ4n) is 4.25. The second-order valence-electron chi connectivity index (χ2n) is 10.3. The average Bonchev–Trinajstić information content (AvgIpc) is 3.28. The van der Waals surface area contributed by atoms with Crippen molar-refractivity contribution in [2.75, 3.05) is 37.9 Å². The van der Waals surface area contributed by atoms with Gasteiger partial charge in [-0.15, -0.1) is 11.3 Å². The number of nitrogens with one attached hydrogen (secondary N) is 1. The number of ether oxygens (including phenoxy) is 2. The normalized spacial score (nSPS) is 13.8. The highest BCUT2D eigenvalue weighted by Gasteiger charge is 2.28. The molecule has 0 saturated carbocycles. The number of halogens is 1. The number of nitrogen functional groups attached to an aromatic ring is 1. The van der Waals surface area contributed by atoms with E-state index in [0.29, 0.717) is 22.2 Å². The fourth-order valence-corrected chi connectivity index (χ4v) is 6.67. The summed E-state index contributed by atoms with van der Waals surface area (Å²) < 4.78 is 13.5. The number of thiophene rings is 1. The van der Waals surface area contributed by atoms with Gasteiger partial charge in [-0.2, -0.15) is 0 Å². The van der Waals surface area contributed by atoms with Crippen LogP contribution in [0.15, 0.2) is 48.5 Å². The molecule has 42 heavy (non-hydrogen) atoms. The predicted molar refractivity (Wildman–Crippen MR) is 177 cm³/mol. The number of nitrogens with two attached hydrogens (primary N) is 1. The maximum atomic E-state index is 12.9. The first-order chi connectivity index (χ1) is 19.6. The highest BCUT2D eigenvalue weighted by molar-refractivity contribution is 7.96. The van der Waals surface area contributed by atoms with Crippen molar-refractivity contribution in [1.82, 2.24) is 4.31 Å². The number of nitrogens with zero attached hydrogens (tertiary/aromatic N) is 1. The SMILES string of the molecule is C.CC(C)(C)OC(=O)c1sc(-c2cccc(NC3CCN(SCc4cccc(N)c4)CC3)c2)c(Cl)c1OCC=O.CO. The van der Waals surface area contributed by atoms with Crippen molar-refractivity contribution in [1.29, 1.82) is 0 Å². The molecule has 0 radical (unpaired) electrons. The molecule has 230 valence electrons. The summed E-state index contributed by atoms with van der Waals surface area (Å²) in [5, 5.41) is 11.0. The third kappa shape index (κ3) is 10.2. The lowest BCUT2D eigenvalue weighted by Crippen LogP contribution is -2.35. The number of rotatable bonds is 10. The summed E-state index contributed by atoms with van der Waals surface area (Å²) in [7, 11) is 1.00. The third-order valence-corrected chi connectivity index (χ3v) is 8.87. The summed E-state index contributed by atoms with van der Waals surface area (Å²) in [5.74, 6) is 0.562. The van der Waals surface area contributed by atoms with Crippen LogP contribution in [0.1, 0.15) is 56.3 Å². The van der Waals surface area contributed by atoms with Gasteiger partial charge >= 0.3 is 5.97 Å². The molecule has 0 atom stereocenters. The van der Waals surface area contributed by atoms with Gasteiger partial charge in [0.2, 0.25) is 0 Å². The van der Waals surface area contributed by atoms with E-state index in [9.17, 15) is 9.59 Å². The molecule has 2 heterocycles. The molecular formula is C31H42ClN3O5S2. The van der Waals surface area contributed by atoms with Crippen LogP contribution in [0.25, 0.3) is 10.4 Å². The highest BCUT2D eigenvalue weighted by Crippen LogP contribution is 2.46. The average molecular weight is 636 g/mol. The van der Waals surface area contributed by atoms with Crippen LogP contribution in [-0.2, 0) is 15.3 Å². The molecule has 2 aromatic carbocycles. The number of benzene rings is 2. The van der Waals surface area contributed by atoms with Gasteiger partial charge in [0.25, 0.3) is 0 Å². The van der Waals surface area contributed by atoms with Crippen molar-refractivity contribution < 1.29 is 24.2 Å². The molecule has 1 aromatic heterocycles. The van der Waals surface area contributed by atoms with Crippen LogP contribution in [0.4, 0.5) is 11.4 Å². The number of carbonyl (C=O) groups excluding carboxylic acids is 2. The molecule has 4 N–H and O–H groups in total. The van der Waals surface area contributed by atoms with Gasteiger partial charge in [-0.25, -0.2) is 4.79 Å². The van der Waals surface area contributed by atoms with E-state index in [4.69, 9.17) is 31.9 Å². The van der Waals surface area contributed by atoms with Gasteiger partial charge in [0.1, 0.15) is 17.2 Å². The number of aliphatic hydroxyl groups excluding tert-OH is 1. The second kappa shape index (κ2) is 16.8. The molecule has 4 rings (SSSR count). The molecule has 11 heteroatoms. The summed E-state index contributed by atoms with van der Waals surface area (Å²) in [5.41, 5.74) is 9.10. The Kier molecular flexibility index (Phi) is 14.1. The van der Waals surface area contributed by atoms with Gasteiger partial charge in [-0.3, -0.25) is 9.10 Å². The van der Waals surface area contributed by atoms with Crippen LogP contribution >= 0.6 is 34.9 Å². The van der Waals surface area contributed by atoms with Crippen molar-refractivity contribution in [3.63, 3.8) is 0 Å². The summed E-state index contributed by atoms with van der Waals surface area (Å²) >= 11 is 9.74. The molecule has 1 aliphatic heterocycles. The van der Waals surface area contributed by atoms with Gasteiger partial charge in [0.15, 0.2) is 16.9 Å². The smallest absolute Gasteiger partial charge is 0.352 e.